The fourth-order valence-electron chi connectivity index (χ4n) is 2.05. The van der Waals surface area contributed by atoms with Gasteiger partial charge >= 0.3 is 12.1 Å². The van der Waals surface area contributed by atoms with Crippen LogP contribution < -0.4 is 0 Å². The number of hydrogen-bond acceptors (Lipinski definition) is 5. The Bertz CT molecular complexity index is 355. The molecule has 1 saturated heterocycles. The van der Waals surface area contributed by atoms with Crippen LogP contribution in [0.1, 0.15) is 39.5 Å². The average molecular weight is 285 g/mol. The fraction of sp³-hybridized carbons (Fsp3) is 0.786. The Balaban J connectivity index is 2.50. The van der Waals surface area contributed by atoms with Crippen LogP contribution in [-0.2, 0) is 19.1 Å². The topological polar surface area (TPSA) is 72.9 Å². The Morgan fingerprint density at radius 2 is 2.00 bits per heavy atom. The summed E-state index contributed by atoms with van der Waals surface area (Å²) in [5, 5.41) is 0. The van der Waals surface area contributed by atoms with Crippen molar-refractivity contribution >= 4 is 17.8 Å². The maximum atomic E-state index is 11.9. The standard InChI is InChI=1S/C14H23NO5/c1-3-5-10-20-14(18)15-8-6-11(12(16)7-9-15)13(17)19-4-2/h11H,3-10H2,1-2H3. The number of hydrogen-bond donors (Lipinski definition) is 0. The normalized spacial score (nSPS) is 19.4. The highest BCUT2D eigenvalue weighted by molar-refractivity contribution is 5.99. The molecule has 1 aliphatic heterocycles. The van der Waals surface area contributed by atoms with Crippen molar-refractivity contribution in [3.8, 4) is 0 Å². The van der Waals surface area contributed by atoms with E-state index in [0.29, 0.717) is 26.1 Å². The van der Waals surface area contributed by atoms with Gasteiger partial charge in [0.25, 0.3) is 0 Å². The summed E-state index contributed by atoms with van der Waals surface area (Å²) < 4.78 is 10.0. The summed E-state index contributed by atoms with van der Waals surface area (Å²) in [7, 11) is 0. The van der Waals surface area contributed by atoms with Gasteiger partial charge in [0.2, 0.25) is 0 Å². The zero-order valence-corrected chi connectivity index (χ0v) is 12.2. The van der Waals surface area contributed by atoms with Gasteiger partial charge in [-0.25, -0.2) is 4.79 Å². The van der Waals surface area contributed by atoms with Gasteiger partial charge < -0.3 is 14.4 Å². The van der Waals surface area contributed by atoms with Gasteiger partial charge in [-0.05, 0) is 19.8 Å². The molecule has 0 N–H and O–H groups in total. The first-order chi connectivity index (χ1) is 9.60. The fourth-order valence-corrected chi connectivity index (χ4v) is 2.05. The molecular formula is C14H23NO5. The van der Waals surface area contributed by atoms with Crippen molar-refractivity contribution in [1.82, 2.24) is 4.90 Å². The summed E-state index contributed by atoms with van der Waals surface area (Å²) in [5.74, 6) is -1.39. The highest BCUT2D eigenvalue weighted by Crippen LogP contribution is 2.16. The number of carbonyl (C=O) groups excluding carboxylic acids is 3. The first-order valence-electron chi connectivity index (χ1n) is 7.21. The molecule has 0 aromatic rings. The van der Waals surface area contributed by atoms with Crippen LogP contribution >= 0.6 is 0 Å². The molecule has 0 radical (unpaired) electrons. The number of rotatable bonds is 5. The van der Waals surface area contributed by atoms with Gasteiger partial charge in [-0.1, -0.05) is 13.3 Å². The number of ether oxygens (including phenoxy) is 2. The Morgan fingerprint density at radius 1 is 1.25 bits per heavy atom. The Kier molecular flexibility index (Phi) is 7.04. The number of carbonyl (C=O) groups is 3. The number of unbranched alkanes of at least 4 members (excludes halogenated alkanes) is 1. The number of amides is 1. The minimum absolute atomic E-state index is 0.160. The van der Waals surface area contributed by atoms with E-state index in [9.17, 15) is 14.4 Å². The maximum absolute atomic E-state index is 11.9. The van der Waals surface area contributed by atoms with E-state index in [1.807, 2.05) is 6.92 Å². The van der Waals surface area contributed by atoms with Crippen LogP contribution in [0.3, 0.4) is 0 Å². The number of ketones is 1. The van der Waals surface area contributed by atoms with Crippen molar-refractivity contribution in [2.24, 2.45) is 5.92 Å². The molecule has 1 atom stereocenters. The van der Waals surface area contributed by atoms with Crippen molar-refractivity contribution < 1.29 is 23.9 Å². The van der Waals surface area contributed by atoms with Gasteiger partial charge in [-0.15, -0.1) is 0 Å². The molecule has 1 fully saturated rings. The van der Waals surface area contributed by atoms with Gasteiger partial charge in [-0.3, -0.25) is 9.59 Å². The van der Waals surface area contributed by atoms with Crippen LogP contribution in [0, 0.1) is 5.92 Å². The molecule has 0 spiro atoms. The minimum Gasteiger partial charge on any atom is -0.465 e. The summed E-state index contributed by atoms with van der Waals surface area (Å²) >= 11 is 0. The summed E-state index contributed by atoms with van der Waals surface area (Å²) in [6.45, 7) is 5.02. The summed E-state index contributed by atoms with van der Waals surface area (Å²) in [6, 6.07) is 0. The Labute approximate surface area is 119 Å². The molecule has 0 aliphatic carbocycles. The zero-order valence-electron chi connectivity index (χ0n) is 12.2. The molecule has 0 aromatic carbocycles. The summed E-state index contributed by atoms with van der Waals surface area (Å²) in [5.41, 5.74) is 0. The molecule has 1 rings (SSSR count). The molecule has 1 heterocycles. The van der Waals surface area contributed by atoms with Gasteiger partial charge in [0.1, 0.15) is 11.7 Å². The molecule has 0 aromatic heterocycles. The van der Waals surface area contributed by atoms with Crippen molar-refractivity contribution in [2.45, 2.75) is 39.5 Å². The highest BCUT2D eigenvalue weighted by Gasteiger charge is 2.32. The second kappa shape index (κ2) is 8.55. The minimum atomic E-state index is -0.747. The van der Waals surface area contributed by atoms with Crippen molar-refractivity contribution in [3.05, 3.63) is 0 Å². The smallest absolute Gasteiger partial charge is 0.409 e. The van der Waals surface area contributed by atoms with Gasteiger partial charge in [0, 0.05) is 19.5 Å². The molecule has 0 bridgehead atoms. The van der Waals surface area contributed by atoms with Crippen LogP contribution in [0.25, 0.3) is 0 Å². The van der Waals surface area contributed by atoms with E-state index in [2.05, 4.69) is 0 Å². The molecule has 6 nitrogen and oxygen atoms in total. The van der Waals surface area contributed by atoms with Crippen LogP contribution in [0.2, 0.25) is 0 Å². The average Bonchev–Trinajstić information content (AvgIpc) is 2.61. The highest BCUT2D eigenvalue weighted by atomic mass is 16.6. The lowest BCUT2D eigenvalue weighted by Gasteiger charge is -2.19. The SMILES string of the molecule is CCCCOC(=O)N1CCC(=O)C(C(=O)OCC)CC1. The van der Waals surface area contributed by atoms with E-state index in [-0.39, 0.29) is 18.8 Å². The van der Waals surface area contributed by atoms with E-state index in [4.69, 9.17) is 9.47 Å². The van der Waals surface area contributed by atoms with Crippen LogP contribution in [0.4, 0.5) is 4.79 Å². The van der Waals surface area contributed by atoms with Crippen molar-refractivity contribution in [3.63, 3.8) is 0 Å². The van der Waals surface area contributed by atoms with Crippen LogP contribution in [-0.4, -0.2) is 49.0 Å². The Hall–Kier alpha value is -1.59. The molecule has 1 amide bonds. The third-order valence-corrected chi connectivity index (χ3v) is 3.26. The molecule has 1 aliphatic rings. The van der Waals surface area contributed by atoms with E-state index in [0.717, 1.165) is 12.8 Å². The van der Waals surface area contributed by atoms with Gasteiger partial charge in [0.05, 0.1) is 13.2 Å². The van der Waals surface area contributed by atoms with E-state index < -0.39 is 18.0 Å². The lowest BCUT2D eigenvalue weighted by atomic mass is 10.00. The van der Waals surface area contributed by atoms with Crippen LogP contribution in [0.5, 0.6) is 0 Å². The van der Waals surface area contributed by atoms with Gasteiger partial charge in [-0.2, -0.15) is 0 Å². The zero-order chi connectivity index (χ0) is 15.0. The summed E-state index contributed by atoms with van der Waals surface area (Å²) in [4.78, 5) is 36.9. The quantitative estimate of drug-likeness (QED) is 0.437. The van der Waals surface area contributed by atoms with Gasteiger partial charge in [0.15, 0.2) is 0 Å². The number of Topliss-reactive ketones (excluding diaryl/α,β-unsaturated/α-hetero) is 1. The summed E-state index contributed by atoms with van der Waals surface area (Å²) in [6.07, 6.45) is 1.85. The second-order valence-corrected chi connectivity index (χ2v) is 4.76. The molecule has 20 heavy (non-hydrogen) atoms. The lowest BCUT2D eigenvalue weighted by Crippen LogP contribution is -2.33. The Morgan fingerprint density at radius 3 is 2.65 bits per heavy atom. The monoisotopic (exact) mass is 285 g/mol. The maximum Gasteiger partial charge on any atom is 0.409 e. The second-order valence-electron chi connectivity index (χ2n) is 4.76. The predicted octanol–water partition coefficient (Wildman–Crippen LogP) is 1.77. The predicted molar refractivity (Wildman–Crippen MR) is 72.2 cm³/mol. The first kappa shape index (κ1) is 16.5. The molecule has 0 saturated carbocycles. The largest absolute Gasteiger partial charge is 0.465 e. The molecular weight excluding hydrogens is 262 g/mol. The third-order valence-electron chi connectivity index (χ3n) is 3.26. The number of likely N-dealkylation sites (tertiary alicyclic amines) is 1. The molecule has 114 valence electrons. The number of nitrogens with zero attached hydrogens (tertiary/aromatic N) is 1. The molecule has 1 unspecified atom stereocenters. The van der Waals surface area contributed by atoms with Crippen molar-refractivity contribution in [2.75, 3.05) is 26.3 Å². The van der Waals surface area contributed by atoms with E-state index in [1.54, 1.807) is 6.92 Å². The van der Waals surface area contributed by atoms with Crippen molar-refractivity contribution in [1.29, 1.82) is 0 Å². The van der Waals surface area contributed by atoms with E-state index in [1.165, 1.54) is 4.90 Å². The van der Waals surface area contributed by atoms with E-state index >= 15 is 0 Å². The lowest BCUT2D eigenvalue weighted by molar-refractivity contribution is -0.151. The number of esters is 1. The molecule has 6 heteroatoms. The van der Waals surface area contributed by atoms with Crippen LogP contribution in [0.15, 0.2) is 0 Å². The first-order valence-corrected chi connectivity index (χ1v) is 7.21. The third kappa shape index (κ3) is 4.83.